The molecule has 0 aliphatic carbocycles. The second-order valence-corrected chi connectivity index (χ2v) is 3.41. The van der Waals surface area contributed by atoms with Crippen LogP contribution in [0.3, 0.4) is 0 Å². The fourth-order valence-electron chi connectivity index (χ4n) is 1.24. The number of nitrogens with two attached hydrogens (primary N) is 1. The van der Waals surface area contributed by atoms with Gasteiger partial charge in [-0.1, -0.05) is 5.16 Å². The summed E-state index contributed by atoms with van der Waals surface area (Å²) in [7, 11) is 0. The predicted molar refractivity (Wildman–Crippen MR) is 53.0 cm³/mol. The van der Waals surface area contributed by atoms with Crippen molar-refractivity contribution in [2.45, 2.75) is 25.8 Å². The van der Waals surface area contributed by atoms with Crippen LogP contribution >= 0.6 is 0 Å². The van der Waals surface area contributed by atoms with E-state index >= 15 is 0 Å². The second kappa shape index (κ2) is 4.27. The SMILES string of the molecule is CC(N)c1noc(CCc2ccco2)n1. The van der Waals surface area contributed by atoms with Crippen LogP contribution in [0.2, 0.25) is 0 Å². The number of hydrogen-bond acceptors (Lipinski definition) is 5. The van der Waals surface area contributed by atoms with E-state index in [-0.39, 0.29) is 6.04 Å². The van der Waals surface area contributed by atoms with E-state index in [1.807, 2.05) is 19.1 Å². The summed E-state index contributed by atoms with van der Waals surface area (Å²) in [5.41, 5.74) is 5.61. The Morgan fingerprint density at radius 1 is 1.47 bits per heavy atom. The van der Waals surface area contributed by atoms with E-state index < -0.39 is 0 Å². The first-order valence-corrected chi connectivity index (χ1v) is 4.86. The molecule has 0 saturated heterocycles. The molecule has 15 heavy (non-hydrogen) atoms. The van der Waals surface area contributed by atoms with Crippen LogP contribution in [-0.4, -0.2) is 10.1 Å². The van der Waals surface area contributed by atoms with Gasteiger partial charge in [0.1, 0.15) is 5.76 Å². The van der Waals surface area contributed by atoms with Crippen LogP contribution in [0.15, 0.2) is 27.3 Å². The van der Waals surface area contributed by atoms with Crippen LogP contribution in [0.1, 0.15) is 30.4 Å². The molecule has 2 aromatic rings. The van der Waals surface area contributed by atoms with E-state index in [2.05, 4.69) is 10.1 Å². The minimum Gasteiger partial charge on any atom is -0.469 e. The molecular formula is C10H13N3O2. The molecule has 2 rings (SSSR count). The zero-order chi connectivity index (χ0) is 10.7. The summed E-state index contributed by atoms with van der Waals surface area (Å²) in [6.45, 7) is 1.82. The summed E-state index contributed by atoms with van der Waals surface area (Å²) in [5.74, 6) is 2.05. The molecule has 0 fully saturated rings. The summed E-state index contributed by atoms with van der Waals surface area (Å²) in [4.78, 5) is 4.16. The lowest BCUT2D eigenvalue weighted by molar-refractivity contribution is 0.366. The van der Waals surface area contributed by atoms with Crippen molar-refractivity contribution in [3.05, 3.63) is 35.9 Å². The Kier molecular flexibility index (Phi) is 2.82. The number of rotatable bonds is 4. The van der Waals surface area contributed by atoms with Crippen molar-refractivity contribution in [2.24, 2.45) is 5.73 Å². The third kappa shape index (κ3) is 2.44. The van der Waals surface area contributed by atoms with Crippen LogP contribution in [0.4, 0.5) is 0 Å². The van der Waals surface area contributed by atoms with E-state index in [0.717, 1.165) is 12.2 Å². The van der Waals surface area contributed by atoms with Crippen molar-refractivity contribution in [2.75, 3.05) is 0 Å². The second-order valence-electron chi connectivity index (χ2n) is 3.41. The highest BCUT2D eigenvalue weighted by atomic mass is 16.5. The lowest BCUT2D eigenvalue weighted by Gasteiger charge is -1.93. The van der Waals surface area contributed by atoms with E-state index in [1.165, 1.54) is 0 Å². The highest BCUT2D eigenvalue weighted by molar-refractivity contribution is 5.00. The lowest BCUT2D eigenvalue weighted by Crippen LogP contribution is -2.06. The van der Waals surface area contributed by atoms with E-state index in [1.54, 1.807) is 6.26 Å². The highest BCUT2D eigenvalue weighted by Gasteiger charge is 2.10. The average Bonchev–Trinajstić information content (AvgIpc) is 2.86. The van der Waals surface area contributed by atoms with E-state index in [9.17, 15) is 0 Å². The van der Waals surface area contributed by atoms with E-state index in [4.69, 9.17) is 14.7 Å². The van der Waals surface area contributed by atoms with Gasteiger partial charge in [-0.2, -0.15) is 4.98 Å². The van der Waals surface area contributed by atoms with Crippen LogP contribution in [0.25, 0.3) is 0 Å². The molecule has 2 N–H and O–H groups in total. The molecule has 0 aliphatic rings. The van der Waals surface area contributed by atoms with Gasteiger partial charge in [0.25, 0.3) is 0 Å². The van der Waals surface area contributed by atoms with Gasteiger partial charge in [-0.05, 0) is 19.1 Å². The molecule has 5 nitrogen and oxygen atoms in total. The standard InChI is InChI=1S/C10H13N3O2/c1-7(11)10-12-9(15-13-10)5-4-8-3-2-6-14-8/h2-3,6-7H,4-5,11H2,1H3. The molecule has 0 amide bonds. The molecule has 2 aromatic heterocycles. The van der Waals surface area contributed by atoms with Gasteiger partial charge in [0, 0.05) is 12.8 Å². The Bertz CT molecular complexity index is 406. The van der Waals surface area contributed by atoms with Crippen molar-refractivity contribution < 1.29 is 8.94 Å². The Labute approximate surface area is 87.3 Å². The number of furan rings is 1. The molecule has 1 atom stereocenters. The van der Waals surface area contributed by atoms with E-state index in [0.29, 0.717) is 18.1 Å². The summed E-state index contributed by atoms with van der Waals surface area (Å²) in [6.07, 6.45) is 3.08. The quantitative estimate of drug-likeness (QED) is 0.821. The van der Waals surface area contributed by atoms with Crippen LogP contribution < -0.4 is 5.73 Å². The van der Waals surface area contributed by atoms with Crippen LogP contribution in [0.5, 0.6) is 0 Å². The summed E-state index contributed by atoms with van der Waals surface area (Å²) >= 11 is 0. The normalized spacial score (nSPS) is 12.9. The van der Waals surface area contributed by atoms with Gasteiger partial charge in [-0.15, -0.1) is 0 Å². The van der Waals surface area contributed by atoms with Crippen molar-refractivity contribution in [3.63, 3.8) is 0 Å². The predicted octanol–water partition coefficient (Wildman–Crippen LogP) is 1.47. The lowest BCUT2D eigenvalue weighted by atomic mass is 10.2. The van der Waals surface area contributed by atoms with Gasteiger partial charge in [0.05, 0.1) is 12.3 Å². The van der Waals surface area contributed by atoms with Crippen molar-refractivity contribution in [1.29, 1.82) is 0 Å². The maximum Gasteiger partial charge on any atom is 0.227 e. The minimum absolute atomic E-state index is 0.189. The Morgan fingerprint density at radius 2 is 2.33 bits per heavy atom. The van der Waals surface area contributed by atoms with Crippen molar-refractivity contribution in [1.82, 2.24) is 10.1 Å². The summed E-state index contributed by atoms with van der Waals surface area (Å²) < 4.78 is 10.2. The summed E-state index contributed by atoms with van der Waals surface area (Å²) in [5, 5.41) is 3.77. The number of aryl methyl sites for hydroxylation is 2. The fourth-order valence-corrected chi connectivity index (χ4v) is 1.24. The molecule has 5 heteroatoms. The zero-order valence-corrected chi connectivity index (χ0v) is 8.51. The maximum absolute atomic E-state index is 5.61. The van der Waals surface area contributed by atoms with Gasteiger partial charge >= 0.3 is 0 Å². The molecule has 0 spiro atoms. The minimum atomic E-state index is -0.189. The third-order valence-corrected chi connectivity index (χ3v) is 2.06. The third-order valence-electron chi connectivity index (χ3n) is 2.06. The first-order valence-electron chi connectivity index (χ1n) is 4.86. The van der Waals surface area contributed by atoms with Gasteiger partial charge in [0.2, 0.25) is 5.89 Å². The number of aromatic nitrogens is 2. The van der Waals surface area contributed by atoms with Crippen molar-refractivity contribution >= 4 is 0 Å². The molecule has 0 aromatic carbocycles. The summed E-state index contributed by atoms with van der Waals surface area (Å²) in [6, 6.07) is 3.59. The Morgan fingerprint density at radius 3 is 2.93 bits per heavy atom. The molecule has 0 saturated carbocycles. The largest absolute Gasteiger partial charge is 0.469 e. The Balaban J connectivity index is 1.94. The van der Waals surface area contributed by atoms with Crippen LogP contribution in [-0.2, 0) is 12.8 Å². The van der Waals surface area contributed by atoms with Gasteiger partial charge < -0.3 is 14.7 Å². The van der Waals surface area contributed by atoms with Crippen molar-refractivity contribution in [3.8, 4) is 0 Å². The molecule has 80 valence electrons. The monoisotopic (exact) mass is 207 g/mol. The molecule has 2 heterocycles. The molecule has 0 aliphatic heterocycles. The molecular weight excluding hydrogens is 194 g/mol. The van der Waals surface area contributed by atoms with Gasteiger partial charge in [-0.25, -0.2) is 0 Å². The highest BCUT2D eigenvalue weighted by Crippen LogP contribution is 2.08. The average molecular weight is 207 g/mol. The van der Waals surface area contributed by atoms with Gasteiger partial charge in [-0.3, -0.25) is 0 Å². The Hall–Kier alpha value is -1.62. The molecule has 0 bridgehead atoms. The smallest absolute Gasteiger partial charge is 0.227 e. The first-order chi connectivity index (χ1) is 7.25. The maximum atomic E-state index is 5.61. The molecule has 0 radical (unpaired) electrons. The number of hydrogen-bond donors (Lipinski definition) is 1. The van der Waals surface area contributed by atoms with Gasteiger partial charge in [0.15, 0.2) is 5.82 Å². The zero-order valence-electron chi connectivity index (χ0n) is 8.51. The molecule has 1 unspecified atom stereocenters. The first kappa shape index (κ1) is 9.92. The van der Waals surface area contributed by atoms with Crippen LogP contribution in [0, 0.1) is 0 Å². The topological polar surface area (TPSA) is 78.1 Å². The number of nitrogens with zero attached hydrogens (tertiary/aromatic N) is 2. The fraction of sp³-hybridized carbons (Fsp3) is 0.400.